The van der Waals surface area contributed by atoms with Crippen LogP contribution < -0.4 is 59.7 Å². The maximum atomic E-state index is 14.6. The number of aromatic nitrogens is 3. The lowest BCUT2D eigenvalue weighted by Crippen LogP contribution is -2.60. The summed E-state index contributed by atoms with van der Waals surface area (Å²) in [5.41, 5.74) is 18.7. The van der Waals surface area contributed by atoms with Gasteiger partial charge in [-0.3, -0.25) is 52.9 Å². The summed E-state index contributed by atoms with van der Waals surface area (Å²) in [7, 11) is 0. The van der Waals surface area contributed by atoms with E-state index in [1.807, 2.05) is 25.1 Å². The number of carboxylic acid groups (broad SMARTS) is 1. The van der Waals surface area contributed by atoms with Crippen molar-refractivity contribution in [1.82, 2.24) is 57.5 Å². The maximum Gasteiger partial charge on any atom is 0.303 e. The number of hydrogen-bond donors (Lipinski definition) is 15. The minimum atomic E-state index is -1.56. The van der Waals surface area contributed by atoms with Crippen LogP contribution in [-0.2, 0) is 67.2 Å². The van der Waals surface area contributed by atoms with Crippen LogP contribution in [0.4, 0.5) is 0 Å². The topological polar surface area (TPSA) is 422 Å². The molecule has 0 aliphatic heterocycles. The first-order chi connectivity index (χ1) is 36.9. The summed E-state index contributed by atoms with van der Waals surface area (Å²) in [5.74, 6) is -8.41. The molecule has 26 nitrogen and oxygen atoms in total. The first-order valence-corrected chi connectivity index (χ1v) is 25.6. The number of hydrogen-bond acceptors (Lipinski definition) is 13. The molecule has 27 heteroatoms. The van der Waals surface area contributed by atoms with Gasteiger partial charge in [-0.1, -0.05) is 68.3 Å². The second-order valence-electron chi connectivity index (χ2n) is 17.9. The number of H-pyrrole nitrogens is 2. The molecule has 0 unspecified atom stereocenters. The lowest BCUT2D eigenvalue weighted by atomic mass is 10.0. The minimum absolute atomic E-state index is 0.0393. The number of para-hydroxylation sites is 1. The molecule has 4 aromatic rings. The Hall–Kier alpha value is -8.49. The van der Waals surface area contributed by atoms with Crippen molar-refractivity contribution in [3.63, 3.8) is 0 Å². The number of thiol groups is 1. The van der Waals surface area contributed by atoms with Crippen molar-refractivity contribution < 1.29 is 53.1 Å². The van der Waals surface area contributed by atoms with Gasteiger partial charge >= 0.3 is 5.97 Å². The number of carboxylic acids is 1. The van der Waals surface area contributed by atoms with E-state index in [1.54, 1.807) is 42.6 Å². The zero-order chi connectivity index (χ0) is 56.3. The summed E-state index contributed by atoms with van der Waals surface area (Å²) in [5, 5.41) is 31.0. The summed E-state index contributed by atoms with van der Waals surface area (Å²) < 4.78 is 0. The highest BCUT2D eigenvalue weighted by Gasteiger charge is 2.34. The lowest BCUT2D eigenvalue weighted by molar-refractivity contribution is -0.138. The Kier molecular flexibility index (Phi) is 25.4. The standard InChI is InChI=1S/C50H69N15O11S/c1-2-3-13-34(60-42(68)27-57-41(67)18-20-77)45(72)62-36(16-17-43(69)70)47(74)65-39(23-31-25-54-28-59-31)49(76)63-37(21-29-10-5-4-6-11-29)48(75)61-35(15-9-19-55-50(52)53)46(73)64-38(44(71)58-26-40(51)66)22-30-24-56-33-14-8-7-12-32(30)33/h4-8,10-12,14,24-25,28,34-39,56,77H,2-3,9,13,15-23,26-27H2,1H3,(H2,51,66)(H,54,59)(H,57,67)(H,58,71)(H,60,68)(H,61,75)(H,62,72)(H,63,76)(H,64,73)(H,65,74)(H,69,70)(H4,52,53,55)/t34-,35-,36-,37+,38-,39-/m0/s1. The maximum absolute atomic E-state index is 14.6. The van der Waals surface area contributed by atoms with E-state index < -0.39 is 121 Å². The number of fused-ring (bicyclic) bond motifs is 1. The van der Waals surface area contributed by atoms with Gasteiger partial charge in [0.1, 0.15) is 36.3 Å². The number of aliphatic carboxylic acids is 1. The van der Waals surface area contributed by atoms with Gasteiger partial charge in [0.2, 0.25) is 53.2 Å². The number of aromatic amines is 2. The molecule has 0 bridgehead atoms. The van der Waals surface area contributed by atoms with Gasteiger partial charge in [0.15, 0.2) is 5.96 Å². The number of unbranched alkanes of at least 4 members (excludes halogenated alkanes) is 1. The van der Waals surface area contributed by atoms with Crippen molar-refractivity contribution >= 4 is 88.6 Å². The summed E-state index contributed by atoms with van der Waals surface area (Å²) in [6.45, 7) is 0.915. The first kappa shape index (κ1) is 61.1. The Labute approximate surface area is 449 Å². The Morgan fingerprint density at radius 2 is 1.19 bits per heavy atom. The fraction of sp³-hybridized carbons (Fsp3) is 0.440. The normalized spacial score (nSPS) is 13.2. The number of amides is 9. The minimum Gasteiger partial charge on any atom is -0.481 e. The summed E-state index contributed by atoms with van der Waals surface area (Å²) in [6, 6.07) is 7.39. The quantitative estimate of drug-likeness (QED) is 0.0104. The van der Waals surface area contributed by atoms with E-state index in [-0.39, 0.29) is 63.2 Å². The van der Waals surface area contributed by atoms with Crippen LogP contribution in [0.15, 0.2) is 78.3 Å². The van der Waals surface area contributed by atoms with Crippen LogP contribution in [0.1, 0.15) is 75.1 Å². The Bertz CT molecular complexity index is 2660. The predicted octanol–water partition coefficient (Wildman–Crippen LogP) is -2.03. The van der Waals surface area contributed by atoms with E-state index in [1.165, 1.54) is 12.5 Å². The van der Waals surface area contributed by atoms with E-state index in [0.29, 0.717) is 29.7 Å². The number of carbonyl (C=O) groups is 10. The highest BCUT2D eigenvalue weighted by atomic mass is 32.1. The van der Waals surface area contributed by atoms with Gasteiger partial charge in [0.25, 0.3) is 0 Å². The van der Waals surface area contributed by atoms with Gasteiger partial charge < -0.3 is 74.8 Å². The summed E-state index contributed by atoms with van der Waals surface area (Å²) in [4.78, 5) is 147. The highest BCUT2D eigenvalue weighted by molar-refractivity contribution is 7.80. The van der Waals surface area contributed by atoms with Gasteiger partial charge in [-0.25, -0.2) is 4.98 Å². The lowest BCUT2D eigenvalue weighted by Gasteiger charge is -2.28. The number of imidazole rings is 1. The van der Waals surface area contributed by atoms with E-state index in [2.05, 4.69) is 75.1 Å². The van der Waals surface area contributed by atoms with E-state index in [9.17, 15) is 53.1 Å². The van der Waals surface area contributed by atoms with Crippen LogP contribution in [0.5, 0.6) is 0 Å². The SMILES string of the molecule is CCCC[C@H](NC(=O)CNC(=O)CCS)C(=O)N[C@@H](CCC(=O)O)C(=O)N[C@@H](Cc1cnc[nH]1)C(=O)N[C@H](Cc1ccccc1)C(=O)N[C@@H](CCCN=C(N)N)C(=O)N[C@@H](Cc1c[nH]c2ccccc12)C(=O)NCC(N)=O. The third-order valence-electron chi connectivity index (χ3n) is 11.8. The molecule has 0 saturated carbocycles. The van der Waals surface area contributed by atoms with Crippen LogP contribution in [0.3, 0.4) is 0 Å². The van der Waals surface area contributed by atoms with E-state index in [0.717, 1.165) is 10.9 Å². The monoisotopic (exact) mass is 1090 g/mol. The number of rotatable bonds is 34. The van der Waals surface area contributed by atoms with E-state index >= 15 is 0 Å². The van der Waals surface area contributed by atoms with Crippen LogP contribution in [0.25, 0.3) is 10.9 Å². The fourth-order valence-electron chi connectivity index (χ4n) is 7.87. The zero-order valence-electron chi connectivity index (χ0n) is 42.6. The van der Waals surface area contributed by atoms with Gasteiger partial charge in [0.05, 0.1) is 19.4 Å². The van der Waals surface area contributed by atoms with Crippen molar-refractivity contribution in [2.45, 2.75) is 114 Å². The van der Waals surface area contributed by atoms with Crippen LogP contribution in [-0.4, -0.2) is 147 Å². The van der Waals surface area contributed by atoms with Crippen molar-refractivity contribution in [3.05, 3.63) is 90.1 Å². The molecule has 17 N–H and O–H groups in total. The summed E-state index contributed by atoms with van der Waals surface area (Å²) in [6.07, 6.45) is 4.22. The molecule has 0 radical (unpaired) electrons. The highest BCUT2D eigenvalue weighted by Crippen LogP contribution is 2.20. The molecule has 2 aromatic carbocycles. The van der Waals surface area contributed by atoms with Gasteiger partial charge in [-0.2, -0.15) is 12.6 Å². The number of nitrogens with two attached hydrogens (primary N) is 3. The average molecular weight is 1090 g/mol. The molecule has 0 saturated heterocycles. The molecule has 77 heavy (non-hydrogen) atoms. The molecule has 0 aliphatic carbocycles. The van der Waals surface area contributed by atoms with Crippen molar-refractivity contribution in [2.75, 3.05) is 25.4 Å². The second kappa shape index (κ2) is 32.1. The summed E-state index contributed by atoms with van der Waals surface area (Å²) >= 11 is 4.00. The fourth-order valence-corrected chi connectivity index (χ4v) is 8.08. The Balaban J connectivity index is 1.64. The number of nitrogens with one attached hydrogen (secondary N) is 10. The average Bonchev–Trinajstić information content (AvgIpc) is 4.08. The molecule has 416 valence electrons. The molecular formula is C50H69N15O11S. The number of aliphatic imine (C=N–C) groups is 1. The smallest absolute Gasteiger partial charge is 0.303 e. The number of primary amides is 1. The van der Waals surface area contributed by atoms with Gasteiger partial charge in [-0.05, 0) is 48.6 Å². The molecule has 4 rings (SSSR count). The van der Waals surface area contributed by atoms with Crippen LogP contribution in [0.2, 0.25) is 0 Å². The first-order valence-electron chi connectivity index (χ1n) is 24.9. The third kappa shape index (κ3) is 21.7. The molecule has 0 spiro atoms. The largest absolute Gasteiger partial charge is 0.481 e. The number of benzene rings is 2. The van der Waals surface area contributed by atoms with Gasteiger partial charge in [0, 0.05) is 67.6 Å². The number of nitrogens with zero attached hydrogens (tertiary/aromatic N) is 2. The van der Waals surface area contributed by atoms with E-state index in [4.69, 9.17) is 17.2 Å². The third-order valence-corrected chi connectivity index (χ3v) is 12.1. The van der Waals surface area contributed by atoms with Crippen molar-refractivity contribution in [2.24, 2.45) is 22.2 Å². The predicted molar refractivity (Wildman–Crippen MR) is 286 cm³/mol. The molecule has 9 amide bonds. The van der Waals surface area contributed by atoms with Crippen molar-refractivity contribution in [1.29, 1.82) is 0 Å². The van der Waals surface area contributed by atoms with Crippen LogP contribution >= 0.6 is 12.6 Å². The van der Waals surface area contributed by atoms with Gasteiger partial charge in [-0.15, -0.1) is 0 Å². The number of carbonyl (C=O) groups excluding carboxylic acids is 9. The molecular weight excluding hydrogens is 1020 g/mol. The molecule has 0 aliphatic rings. The zero-order valence-corrected chi connectivity index (χ0v) is 43.5. The number of guanidine groups is 1. The molecule has 2 aromatic heterocycles. The molecule has 2 heterocycles. The molecule has 0 fully saturated rings. The van der Waals surface area contributed by atoms with Crippen LogP contribution in [0, 0.1) is 0 Å². The Morgan fingerprint density at radius 1 is 0.623 bits per heavy atom. The Morgan fingerprint density at radius 3 is 1.79 bits per heavy atom. The second-order valence-corrected chi connectivity index (χ2v) is 18.4. The molecule has 6 atom stereocenters. The van der Waals surface area contributed by atoms with Crippen molar-refractivity contribution in [3.8, 4) is 0 Å².